The zero-order chi connectivity index (χ0) is 23.3. The molecule has 1 unspecified atom stereocenters. The highest BCUT2D eigenvalue weighted by molar-refractivity contribution is 7.96. The Morgan fingerprint density at radius 2 is 2.03 bits per heavy atom. The normalized spacial score (nSPS) is 28.3. The first kappa shape index (κ1) is 22.1. The van der Waals surface area contributed by atoms with Gasteiger partial charge in [0, 0.05) is 17.8 Å². The van der Waals surface area contributed by atoms with Crippen LogP contribution in [0.4, 0.5) is 10.1 Å². The van der Waals surface area contributed by atoms with E-state index in [0.29, 0.717) is 18.7 Å². The van der Waals surface area contributed by atoms with Crippen LogP contribution in [0.5, 0.6) is 5.88 Å². The zero-order valence-electron chi connectivity index (χ0n) is 18.3. The fourth-order valence-electron chi connectivity index (χ4n) is 4.23. The molecule has 0 spiro atoms. The lowest BCUT2D eigenvalue weighted by Crippen LogP contribution is -2.58. The third kappa shape index (κ3) is 3.22. The van der Waals surface area contributed by atoms with Gasteiger partial charge in [0.05, 0.1) is 34.5 Å². The minimum atomic E-state index is -2.80. The Labute approximate surface area is 185 Å². The molecule has 2 aliphatic heterocycles. The molecule has 0 radical (unpaired) electrons. The van der Waals surface area contributed by atoms with Crippen LogP contribution in [0.3, 0.4) is 0 Å². The molecule has 9 nitrogen and oxygen atoms in total. The molecule has 0 fully saturated rings. The molecule has 0 aliphatic carbocycles. The maximum absolute atomic E-state index is 15.1. The highest BCUT2D eigenvalue weighted by Gasteiger charge is 2.56. The predicted octanol–water partition coefficient (Wildman–Crippen LogP) is 2.48. The second-order valence-corrected chi connectivity index (χ2v) is 11.4. The van der Waals surface area contributed by atoms with Gasteiger partial charge in [-0.1, -0.05) is 0 Å². The van der Waals surface area contributed by atoms with Crippen molar-refractivity contribution in [1.82, 2.24) is 9.97 Å². The summed E-state index contributed by atoms with van der Waals surface area (Å²) in [5.41, 5.74) is 5.64. The fourth-order valence-corrected chi connectivity index (χ4v) is 7.39. The first-order chi connectivity index (χ1) is 15.0. The van der Waals surface area contributed by atoms with Crippen molar-refractivity contribution in [2.45, 2.75) is 42.7 Å². The molecule has 1 aromatic carbocycles. The van der Waals surface area contributed by atoms with Gasteiger partial charge in [0.1, 0.15) is 27.6 Å². The van der Waals surface area contributed by atoms with Crippen LogP contribution in [0.15, 0.2) is 39.9 Å². The summed E-state index contributed by atoms with van der Waals surface area (Å²) in [6.45, 7) is 5.65. The highest BCUT2D eigenvalue weighted by Crippen LogP contribution is 2.48. The van der Waals surface area contributed by atoms with E-state index in [1.54, 1.807) is 20.8 Å². The smallest absolute Gasteiger partial charge is 0.275 e. The van der Waals surface area contributed by atoms with E-state index >= 15 is 4.39 Å². The molecule has 2 aromatic rings. The van der Waals surface area contributed by atoms with Crippen molar-refractivity contribution in [3.05, 3.63) is 47.7 Å². The number of hydrogen-bond acceptors (Lipinski definition) is 8. The number of methoxy groups -OCH3 is 1. The number of rotatable bonds is 4. The van der Waals surface area contributed by atoms with Crippen molar-refractivity contribution in [3.63, 3.8) is 0 Å². The van der Waals surface area contributed by atoms with Crippen LogP contribution in [-0.4, -0.2) is 49.6 Å². The van der Waals surface area contributed by atoms with Crippen molar-refractivity contribution in [3.8, 4) is 5.88 Å². The van der Waals surface area contributed by atoms with Gasteiger partial charge in [-0.25, -0.2) is 22.9 Å². The Hall–Kier alpha value is -3.08. The number of ether oxygens (including phenoxy) is 1. The number of hydrogen-bond donors (Lipinski definition) is 2. The number of amidine groups is 1. The van der Waals surface area contributed by atoms with E-state index in [2.05, 4.69) is 24.6 Å². The van der Waals surface area contributed by atoms with Crippen molar-refractivity contribution < 1.29 is 18.1 Å². The topological polar surface area (TPSA) is 132 Å². The van der Waals surface area contributed by atoms with Crippen molar-refractivity contribution in [2.24, 2.45) is 15.1 Å². The number of nitrogens with two attached hydrogens (primary N) is 1. The number of anilines is 1. The van der Waals surface area contributed by atoms with Crippen molar-refractivity contribution in [2.75, 3.05) is 19.0 Å². The van der Waals surface area contributed by atoms with Gasteiger partial charge in [-0.05, 0) is 45.4 Å². The number of aromatic nitrogens is 2. The summed E-state index contributed by atoms with van der Waals surface area (Å²) in [6, 6.07) is 4.18. The van der Waals surface area contributed by atoms with Gasteiger partial charge in [-0.15, -0.1) is 0 Å². The number of benzene rings is 1. The van der Waals surface area contributed by atoms with Crippen LogP contribution in [0.1, 0.15) is 43.2 Å². The quantitative estimate of drug-likeness (QED) is 0.720. The number of amides is 1. The monoisotopic (exact) mass is 460 g/mol. The van der Waals surface area contributed by atoms with Gasteiger partial charge < -0.3 is 15.8 Å². The van der Waals surface area contributed by atoms with Gasteiger partial charge in [-0.2, -0.15) is 0 Å². The molecule has 4 rings (SSSR count). The molecule has 2 aliphatic rings. The van der Waals surface area contributed by atoms with Crippen molar-refractivity contribution >= 4 is 27.2 Å². The Morgan fingerprint density at radius 3 is 2.69 bits per heavy atom. The molecule has 0 saturated heterocycles. The van der Waals surface area contributed by atoms with Gasteiger partial charge in [0.2, 0.25) is 5.88 Å². The van der Waals surface area contributed by atoms with E-state index in [0.717, 1.165) is 0 Å². The van der Waals surface area contributed by atoms with Crippen LogP contribution in [0, 0.1) is 5.82 Å². The van der Waals surface area contributed by atoms with Crippen LogP contribution in [-0.2, 0) is 15.3 Å². The summed E-state index contributed by atoms with van der Waals surface area (Å²) >= 11 is 0. The van der Waals surface area contributed by atoms with E-state index in [1.807, 2.05) is 0 Å². The molecule has 3 atom stereocenters. The molecule has 11 heteroatoms. The van der Waals surface area contributed by atoms with E-state index in [1.165, 1.54) is 37.7 Å². The molecule has 170 valence electrons. The number of aliphatic imine (C=N–C) groups is 1. The maximum Gasteiger partial charge on any atom is 0.275 e. The molecule has 0 saturated carbocycles. The Morgan fingerprint density at radius 1 is 1.28 bits per heavy atom. The molecule has 3 heterocycles. The summed E-state index contributed by atoms with van der Waals surface area (Å²) in [6.07, 6.45) is 3.11. The lowest BCUT2D eigenvalue weighted by molar-refractivity contribution is 0.102. The molecule has 1 aromatic heterocycles. The summed E-state index contributed by atoms with van der Waals surface area (Å²) in [7, 11) is -1.35. The van der Waals surface area contributed by atoms with Crippen LogP contribution in [0.2, 0.25) is 0 Å². The molecule has 3 N–H and O–H groups in total. The zero-order valence-corrected chi connectivity index (χ0v) is 19.1. The SMILES string of the molecule is COc1cnc(C(=O)Nc2ccc(F)c([C@@]3(C)N=C(N)C(C)(C)S4(=O)=NCC[C@@H]34)c2)cn1. The van der Waals surface area contributed by atoms with Crippen LogP contribution >= 0.6 is 0 Å². The Bertz CT molecular complexity index is 1240. The number of fused-ring (bicyclic) bond motifs is 1. The standard InChI is InChI=1S/C21H25FN6O3S/c1-20(2)19(23)28-21(3,16-7-8-26-32(16,20)30)13-9-12(5-6-14(13)22)27-18(29)15-10-25-17(31-4)11-24-15/h5-6,9-11,16H,7-8H2,1-4H3,(H2,23,28)(H,27,29)/t16-,21+,32?/m0/s1. The second kappa shape index (κ2) is 7.51. The molecule has 32 heavy (non-hydrogen) atoms. The minimum Gasteiger partial charge on any atom is -0.480 e. The van der Waals surface area contributed by atoms with E-state index in [4.69, 9.17) is 10.5 Å². The minimum absolute atomic E-state index is 0.0715. The van der Waals surface area contributed by atoms with Gasteiger partial charge in [-0.3, -0.25) is 9.79 Å². The van der Waals surface area contributed by atoms with Crippen LogP contribution in [0.25, 0.3) is 0 Å². The summed E-state index contributed by atoms with van der Waals surface area (Å²) < 4.78 is 37.4. The number of carbonyl (C=O) groups is 1. The average molecular weight is 461 g/mol. The lowest BCUT2D eigenvalue weighted by Gasteiger charge is -2.44. The summed E-state index contributed by atoms with van der Waals surface area (Å²) in [5, 5.41) is 2.18. The first-order valence-electron chi connectivity index (χ1n) is 10.1. The third-order valence-electron chi connectivity index (χ3n) is 6.23. The summed E-state index contributed by atoms with van der Waals surface area (Å²) in [4.78, 5) is 25.2. The van der Waals surface area contributed by atoms with Crippen molar-refractivity contribution in [1.29, 1.82) is 0 Å². The molecule has 0 bridgehead atoms. The largest absolute Gasteiger partial charge is 0.480 e. The van der Waals surface area contributed by atoms with Gasteiger partial charge in [0.15, 0.2) is 0 Å². The van der Waals surface area contributed by atoms with Gasteiger partial charge >= 0.3 is 0 Å². The van der Waals surface area contributed by atoms with E-state index in [-0.39, 0.29) is 23.0 Å². The maximum atomic E-state index is 15.1. The Balaban J connectivity index is 1.73. The number of carbonyl (C=O) groups excluding carboxylic acids is 1. The van der Waals surface area contributed by atoms with Gasteiger partial charge in [0.25, 0.3) is 5.91 Å². The second-order valence-electron chi connectivity index (χ2n) is 8.45. The number of nitrogens with zero attached hydrogens (tertiary/aromatic N) is 4. The molecular weight excluding hydrogens is 435 g/mol. The predicted molar refractivity (Wildman–Crippen MR) is 120 cm³/mol. The van der Waals surface area contributed by atoms with E-state index in [9.17, 15) is 9.00 Å². The van der Waals surface area contributed by atoms with E-state index < -0.39 is 37.0 Å². The lowest BCUT2D eigenvalue weighted by atomic mass is 9.85. The highest BCUT2D eigenvalue weighted by atomic mass is 32.2. The first-order valence-corrected chi connectivity index (χ1v) is 11.7. The third-order valence-corrected chi connectivity index (χ3v) is 9.93. The number of halogens is 1. The molecular formula is C21H25FN6O3S. The fraction of sp³-hybridized carbons (Fsp3) is 0.429. The summed E-state index contributed by atoms with van der Waals surface area (Å²) in [5.74, 6) is -0.594. The average Bonchev–Trinajstić information content (AvgIpc) is 3.18. The van der Waals surface area contributed by atoms with Crippen LogP contribution < -0.4 is 15.8 Å². The number of nitrogens with one attached hydrogen (secondary N) is 1. The Kier molecular flexibility index (Phi) is 5.19. The molecule has 1 amide bonds.